The molecular formula is C18H23FN2O3. The lowest BCUT2D eigenvalue weighted by molar-refractivity contribution is 0.152. The van der Waals surface area contributed by atoms with Crippen molar-refractivity contribution in [1.82, 2.24) is 9.88 Å². The molecular weight excluding hydrogens is 311 g/mol. The van der Waals surface area contributed by atoms with Gasteiger partial charge in [-0.15, -0.1) is 0 Å². The Hall–Kier alpha value is -1.92. The number of aryl methyl sites for hydroxylation is 1. The summed E-state index contributed by atoms with van der Waals surface area (Å²) in [5.41, 5.74) is 1.21. The van der Waals surface area contributed by atoms with Crippen LogP contribution in [0.1, 0.15) is 17.9 Å². The van der Waals surface area contributed by atoms with E-state index in [2.05, 4.69) is 9.88 Å². The lowest BCUT2D eigenvalue weighted by Crippen LogP contribution is -2.21. The smallest absolute Gasteiger partial charge is 0.229 e. The lowest BCUT2D eigenvalue weighted by atomic mass is 10.1. The van der Waals surface area contributed by atoms with E-state index >= 15 is 0 Å². The van der Waals surface area contributed by atoms with Crippen LogP contribution in [0.2, 0.25) is 0 Å². The molecule has 1 atom stereocenters. The van der Waals surface area contributed by atoms with E-state index in [9.17, 15) is 4.39 Å². The normalized spacial score (nSPS) is 18.2. The van der Waals surface area contributed by atoms with Gasteiger partial charge in [0, 0.05) is 26.3 Å². The highest BCUT2D eigenvalue weighted by molar-refractivity contribution is 5.56. The SMILES string of the molecule is COC[C@@H]1CCN(Cc2nc(-c3ccc(OC)cc3F)oc2C)C1. The van der Waals surface area contributed by atoms with Gasteiger partial charge in [0.2, 0.25) is 5.89 Å². The Kier molecular flexibility index (Phi) is 5.16. The fourth-order valence-electron chi connectivity index (χ4n) is 3.13. The maximum atomic E-state index is 14.2. The number of rotatable bonds is 6. The van der Waals surface area contributed by atoms with Gasteiger partial charge in [0.1, 0.15) is 17.3 Å². The van der Waals surface area contributed by atoms with Crippen LogP contribution in [0.4, 0.5) is 4.39 Å². The van der Waals surface area contributed by atoms with E-state index in [0.717, 1.165) is 37.6 Å². The van der Waals surface area contributed by atoms with E-state index in [1.54, 1.807) is 19.2 Å². The summed E-state index contributed by atoms with van der Waals surface area (Å²) >= 11 is 0. The third-order valence-corrected chi connectivity index (χ3v) is 4.45. The van der Waals surface area contributed by atoms with Crippen LogP contribution in [0.5, 0.6) is 5.75 Å². The average Bonchev–Trinajstić information content (AvgIpc) is 3.15. The van der Waals surface area contributed by atoms with E-state index in [-0.39, 0.29) is 0 Å². The molecule has 0 N–H and O–H groups in total. The first kappa shape index (κ1) is 16.9. The molecule has 3 rings (SSSR count). The molecule has 1 fully saturated rings. The third kappa shape index (κ3) is 3.60. The zero-order chi connectivity index (χ0) is 17.1. The Morgan fingerprint density at radius 3 is 2.92 bits per heavy atom. The minimum Gasteiger partial charge on any atom is -0.497 e. The number of likely N-dealkylation sites (tertiary alicyclic amines) is 1. The van der Waals surface area contributed by atoms with Crippen LogP contribution in [-0.2, 0) is 11.3 Å². The molecule has 24 heavy (non-hydrogen) atoms. The van der Waals surface area contributed by atoms with Crippen LogP contribution in [0.15, 0.2) is 22.6 Å². The zero-order valence-electron chi connectivity index (χ0n) is 14.3. The van der Waals surface area contributed by atoms with Crippen molar-refractivity contribution in [1.29, 1.82) is 0 Å². The van der Waals surface area contributed by atoms with Gasteiger partial charge in [-0.25, -0.2) is 9.37 Å². The Bertz CT molecular complexity index is 702. The van der Waals surface area contributed by atoms with Crippen molar-refractivity contribution in [3.8, 4) is 17.2 Å². The van der Waals surface area contributed by atoms with Gasteiger partial charge in [0.15, 0.2) is 0 Å². The van der Waals surface area contributed by atoms with Crippen molar-refractivity contribution in [3.63, 3.8) is 0 Å². The molecule has 2 aromatic rings. The van der Waals surface area contributed by atoms with Gasteiger partial charge in [0.05, 0.1) is 25.0 Å². The number of aromatic nitrogens is 1. The minimum absolute atomic E-state index is 0.315. The second-order valence-electron chi connectivity index (χ2n) is 6.21. The Balaban J connectivity index is 1.74. The summed E-state index contributed by atoms with van der Waals surface area (Å²) < 4.78 is 30.2. The maximum Gasteiger partial charge on any atom is 0.229 e. The van der Waals surface area contributed by atoms with Crippen molar-refractivity contribution < 1.29 is 18.3 Å². The number of benzene rings is 1. The second-order valence-corrected chi connectivity index (χ2v) is 6.21. The monoisotopic (exact) mass is 334 g/mol. The number of ether oxygens (including phenoxy) is 2. The topological polar surface area (TPSA) is 47.7 Å². The molecule has 1 saturated heterocycles. The molecule has 0 aliphatic carbocycles. The molecule has 1 aromatic heterocycles. The molecule has 0 saturated carbocycles. The fourth-order valence-corrected chi connectivity index (χ4v) is 3.13. The van der Waals surface area contributed by atoms with Crippen molar-refractivity contribution in [3.05, 3.63) is 35.5 Å². The first-order valence-corrected chi connectivity index (χ1v) is 8.12. The van der Waals surface area contributed by atoms with Crippen LogP contribution in [-0.4, -0.2) is 43.8 Å². The van der Waals surface area contributed by atoms with E-state index < -0.39 is 5.82 Å². The summed E-state index contributed by atoms with van der Waals surface area (Å²) in [6.45, 7) is 5.39. The molecule has 2 heterocycles. The van der Waals surface area contributed by atoms with Gasteiger partial charge in [-0.1, -0.05) is 0 Å². The van der Waals surface area contributed by atoms with Gasteiger partial charge < -0.3 is 13.9 Å². The average molecular weight is 334 g/mol. The zero-order valence-corrected chi connectivity index (χ0v) is 14.3. The molecule has 1 aliphatic rings. The van der Waals surface area contributed by atoms with Crippen LogP contribution < -0.4 is 4.74 Å². The molecule has 0 amide bonds. The second kappa shape index (κ2) is 7.32. The van der Waals surface area contributed by atoms with E-state index in [4.69, 9.17) is 13.9 Å². The molecule has 1 aromatic carbocycles. The molecule has 1 aliphatic heterocycles. The lowest BCUT2D eigenvalue weighted by Gasteiger charge is -2.14. The van der Waals surface area contributed by atoms with Crippen LogP contribution in [0, 0.1) is 18.7 Å². The molecule has 130 valence electrons. The standard InChI is InChI=1S/C18H23FN2O3/c1-12-17(10-21-7-6-13(9-21)11-22-2)20-18(24-12)15-5-4-14(23-3)8-16(15)19/h4-5,8,13H,6-7,9-11H2,1-3H3/t13-/m1/s1. The molecule has 0 spiro atoms. The summed E-state index contributed by atoms with van der Waals surface area (Å²) in [4.78, 5) is 6.85. The largest absolute Gasteiger partial charge is 0.497 e. The molecule has 5 nitrogen and oxygen atoms in total. The number of methoxy groups -OCH3 is 2. The molecule has 0 unspecified atom stereocenters. The van der Waals surface area contributed by atoms with E-state index in [1.165, 1.54) is 13.2 Å². The van der Waals surface area contributed by atoms with Gasteiger partial charge in [-0.05, 0) is 37.9 Å². The van der Waals surface area contributed by atoms with Gasteiger partial charge >= 0.3 is 0 Å². The van der Waals surface area contributed by atoms with Gasteiger partial charge in [-0.2, -0.15) is 0 Å². The Morgan fingerprint density at radius 1 is 1.38 bits per heavy atom. The van der Waals surface area contributed by atoms with Crippen molar-refractivity contribution in [2.45, 2.75) is 19.9 Å². The first-order chi connectivity index (χ1) is 11.6. The highest BCUT2D eigenvalue weighted by Gasteiger charge is 2.24. The van der Waals surface area contributed by atoms with Gasteiger partial charge in [-0.3, -0.25) is 4.90 Å². The molecule has 0 radical (unpaired) electrons. The third-order valence-electron chi connectivity index (χ3n) is 4.45. The summed E-state index contributed by atoms with van der Waals surface area (Å²) in [6, 6.07) is 4.67. The maximum absolute atomic E-state index is 14.2. The summed E-state index contributed by atoms with van der Waals surface area (Å²) in [6.07, 6.45) is 1.13. The minimum atomic E-state index is -0.400. The Morgan fingerprint density at radius 2 is 2.21 bits per heavy atom. The number of halogens is 1. The highest BCUT2D eigenvalue weighted by Crippen LogP contribution is 2.28. The number of nitrogens with zero attached hydrogens (tertiary/aromatic N) is 2. The summed E-state index contributed by atoms with van der Waals surface area (Å²) in [5, 5.41) is 0. The van der Waals surface area contributed by atoms with Crippen molar-refractivity contribution in [2.75, 3.05) is 33.9 Å². The first-order valence-electron chi connectivity index (χ1n) is 8.12. The van der Waals surface area contributed by atoms with Crippen LogP contribution in [0.25, 0.3) is 11.5 Å². The highest BCUT2D eigenvalue weighted by atomic mass is 19.1. The summed E-state index contributed by atoms with van der Waals surface area (Å²) in [7, 11) is 3.24. The number of hydrogen-bond donors (Lipinski definition) is 0. The number of hydrogen-bond acceptors (Lipinski definition) is 5. The van der Waals surface area contributed by atoms with Gasteiger partial charge in [0.25, 0.3) is 0 Å². The predicted octanol–water partition coefficient (Wildman–Crippen LogP) is 3.27. The molecule has 0 bridgehead atoms. The quantitative estimate of drug-likeness (QED) is 0.811. The van der Waals surface area contributed by atoms with Crippen LogP contribution in [0.3, 0.4) is 0 Å². The fraction of sp³-hybridized carbons (Fsp3) is 0.500. The predicted molar refractivity (Wildman–Crippen MR) is 88.4 cm³/mol. The van der Waals surface area contributed by atoms with Crippen LogP contribution >= 0.6 is 0 Å². The van der Waals surface area contributed by atoms with E-state index in [1.807, 2.05) is 6.92 Å². The summed E-state index contributed by atoms with van der Waals surface area (Å²) in [5.74, 6) is 1.69. The van der Waals surface area contributed by atoms with Crippen molar-refractivity contribution >= 4 is 0 Å². The number of oxazole rings is 1. The Labute approximate surface area is 141 Å². The van der Waals surface area contributed by atoms with Crippen molar-refractivity contribution in [2.24, 2.45) is 5.92 Å². The molecule has 6 heteroatoms. The van der Waals surface area contributed by atoms with E-state index in [0.29, 0.717) is 29.7 Å².